The van der Waals surface area contributed by atoms with E-state index in [0.717, 1.165) is 33.2 Å². The fraction of sp³-hybridized carbons (Fsp3) is 0.152. The lowest BCUT2D eigenvalue weighted by molar-refractivity contribution is -0.122. The lowest BCUT2D eigenvalue weighted by Gasteiger charge is -2.30. The van der Waals surface area contributed by atoms with Crippen LogP contribution in [-0.4, -0.2) is 34.6 Å². The molecule has 2 unspecified atom stereocenters. The van der Waals surface area contributed by atoms with Crippen LogP contribution in [0.4, 0.5) is 11.4 Å². The lowest BCUT2D eigenvalue weighted by atomic mass is 9.83. The summed E-state index contributed by atoms with van der Waals surface area (Å²) in [7, 11) is 0. The summed E-state index contributed by atoms with van der Waals surface area (Å²) in [4.78, 5) is 57.4. The Morgan fingerprint density at radius 3 is 2.53 bits per heavy atom. The number of imide groups is 1. The zero-order valence-corrected chi connectivity index (χ0v) is 24.5. The van der Waals surface area contributed by atoms with Gasteiger partial charge in [-0.1, -0.05) is 89.3 Å². The predicted octanol–water partition coefficient (Wildman–Crippen LogP) is 5.71. The summed E-state index contributed by atoms with van der Waals surface area (Å²) in [5.41, 5.74) is 2.98. The first-order chi connectivity index (χ1) is 20.9. The highest BCUT2D eigenvalue weighted by molar-refractivity contribution is 8.00. The van der Waals surface area contributed by atoms with Crippen LogP contribution >= 0.6 is 23.1 Å². The monoisotopic (exact) mass is 607 g/mol. The van der Waals surface area contributed by atoms with Gasteiger partial charge in [-0.05, 0) is 48.2 Å². The third-order valence-corrected chi connectivity index (χ3v) is 10.2. The van der Waals surface area contributed by atoms with Crippen LogP contribution in [0.15, 0.2) is 101 Å². The maximum atomic E-state index is 13.9. The van der Waals surface area contributed by atoms with Gasteiger partial charge in [-0.15, -0.1) is 0 Å². The number of amides is 3. The summed E-state index contributed by atoms with van der Waals surface area (Å²) >= 11 is 2.29. The van der Waals surface area contributed by atoms with E-state index in [1.807, 2.05) is 67.6 Å². The van der Waals surface area contributed by atoms with Gasteiger partial charge in [0.25, 0.3) is 5.91 Å². The van der Waals surface area contributed by atoms with Crippen molar-refractivity contribution in [2.24, 2.45) is 5.92 Å². The number of nitrogens with zero attached hydrogens (tertiary/aromatic N) is 1. The van der Waals surface area contributed by atoms with Crippen molar-refractivity contribution < 1.29 is 19.1 Å². The summed E-state index contributed by atoms with van der Waals surface area (Å²) in [5.74, 6) is -1.72. The minimum Gasteiger partial charge on any atom is -0.484 e. The van der Waals surface area contributed by atoms with Gasteiger partial charge in [-0.25, -0.2) is 4.90 Å². The van der Waals surface area contributed by atoms with Gasteiger partial charge in [0.2, 0.25) is 11.8 Å². The predicted molar refractivity (Wildman–Crippen MR) is 168 cm³/mol. The molecule has 1 saturated heterocycles. The van der Waals surface area contributed by atoms with Crippen molar-refractivity contribution in [2.75, 3.05) is 16.8 Å². The number of benzene rings is 4. The van der Waals surface area contributed by atoms with Crippen LogP contribution in [0, 0.1) is 12.8 Å². The molecule has 0 bridgehead atoms. The zero-order chi connectivity index (χ0) is 29.7. The summed E-state index contributed by atoms with van der Waals surface area (Å²) < 4.78 is 5.89. The second-order valence-electron chi connectivity index (χ2n) is 10.5. The van der Waals surface area contributed by atoms with E-state index in [1.54, 1.807) is 30.3 Å². The number of fused-ring (bicyclic) bond motifs is 3. The molecule has 2 N–H and O–H groups in total. The number of aromatic nitrogens is 1. The molecule has 1 fully saturated rings. The average molecular weight is 608 g/mol. The van der Waals surface area contributed by atoms with Crippen molar-refractivity contribution >= 4 is 63.0 Å². The number of thiazole rings is 1. The molecule has 0 aliphatic carbocycles. The number of aryl methyl sites for hydroxylation is 1. The number of ether oxygens (including phenoxy) is 1. The summed E-state index contributed by atoms with van der Waals surface area (Å²) in [6, 6.07) is 28.0. The van der Waals surface area contributed by atoms with Crippen LogP contribution in [0.25, 0.3) is 10.8 Å². The van der Waals surface area contributed by atoms with Crippen molar-refractivity contribution in [3.05, 3.63) is 117 Å². The molecular weight excluding hydrogens is 583 g/mol. The van der Waals surface area contributed by atoms with Gasteiger partial charge >= 0.3 is 4.87 Å². The van der Waals surface area contributed by atoms with Crippen molar-refractivity contribution in [2.45, 2.75) is 23.1 Å². The van der Waals surface area contributed by atoms with Crippen molar-refractivity contribution in [1.82, 2.24) is 4.98 Å². The first kappa shape index (κ1) is 27.2. The smallest absolute Gasteiger partial charge is 0.305 e. The van der Waals surface area contributed by atoms with E-state index in [1.165, 1.54) is 16.7 Å². The number of thioether (sulfide) groups is 1. The Bertz CT molecular complexity index is 1960. The normalized spacial score (nSPS) is 19.3. The maximum absolute atomic E-state index is 13.9. The quantitative estimate of drug-likeness (QED) is 0.240. The number of hydrogen-bond acceptors (Lipinski definition) is 7. The van der Waals surface area contributed by atoms with Gasteiger partial charge in [0.05, 0.1) is 16.6 Å². The number of carbonyl (C=O) groups excluding carboxylic acids is 3. The number of H-pyrrole nitrogens is 1. The molecule has 214 valence electrons. The second kappa shape index (κ2) is 10.9. The Morgan fingerprint density at radius 2 is 1.70 bits per heavy atom. The molecule has 7 rings (SSSR count). The maximum Gasteiger partial charge on any atom is 0.305 e. The SMILES string of the molecule is Cc1ccc(N2C(=O)C3Sc4[nH]c(=O)sc4[C@H](c4cccc(OCC(=O)Nc5cccc6ccccc56)c4)C3C2=O)cc1. The molecule has 2 aliphatic rings. The molecule has 10 heteroatoms. The van der Waals surface area contributed by atoms with E-state index < -0.39 is 17.1 Å². The summed E-state index contributed by atoms with van der Waals surface area (Å²) in [5, 5.41) is 4.79. The molecule has 0 saturated carbocycles. The van der Waals surface area contributed by atoms with E-state index in [0.29, 0.717) is 27.0 Å². The van der Waals surface area contributed by atoms with Crippen LogP contribution in [0.2, 0.25) is 0 Å². The van der Waals surface area contributed by atoms with Crippen molar-refractivity contribution in [3.63, 3.8) is 0 Å². The third kappa shape index (κ3) is 4.92. The Labute approximate surface area is 254 Å². The summed E-state index contributed by atoms with van der Waals surface area (Å²) in [6.07, 6.45) is 0. The standard InChI is InChI=1S/C33H25N3O5S2/c1-18-12-14-21(15-13-18)36-31(38)27-26(28-30(35-33(40)43-28)42-29(27)32(36)39)20-8-4-9-22(16-20)41-17-25(37)34-24-11-5-7-19-6-2-3-10-23(19)24/h2-16,26-27,29H,17H2,1H3,(H,34,37)(H,35,40)/t26-,27?,29?/m1/s1. The van der Waals surface area contributed by atoms with Crippen molar-refractivity contribution in [1.29, 1.82) is 0 Å². The summed E-state index contributed by atoms with van der Waals surface area (Å²) in [6.45, 7) is 1.72. The van der Waals surface area contributed by atoms with Crippen molar-refractivity contribution in [3.8, 4) is 5.75 Å². The van der Waals surface area contributed by atoms with Crippen LogP contribution < -0.4 is 19.8 Å². The van der Waals surface area contributed by atoms with Crippen LogP contribution in [-0.2, 0) is 14.4 Å². The molecule has 0 radical (unpaired) electrons. The average Bonchev–Trinajstić information content (AvgIpc) is 3.51. The van der Waals surface area contributed by atoms with Gasteiger partial charge in [0.15, 0.2) is 6.61 Å². The number of carbonyl (C=O) groups is 3. The van der Waals surface area contributed by atoms with E-state index in [9.17, 15) is 19.2 Å². The molecule has 4 aromatic carbocycles. The molecule has 3 amide bonds. The Kier molecular flexibility index (Phi) is 6.87. The molecule has 43 heavy (non-hydrogen) atoms. The Balaban J connectivity index is 1.16. The molecule has 3 heterocycles. The molecule has 5 aromatic rings. The molecule has 3 atom stereocenters. The largest absolute Gasteiger partial charge is 0.484 e. The van der Waals surface area contributed by atoms with E-state index in [-0.39, 0.29) is 29.2 Å². The van der Waals surface area contributed by atoms with E-state index >= 15 is 0 Å². The molecule has 1 aromatic heterocycles. The number of nitrogens with one attached hydrogen (secondary N) is 2. The highest BCUT2D eigenvalue weighted by Gasteiger charge is 2.56. The number of aromatic amines is 1. The fourth-order valence-electron chi connectivity index (χ4n) is 5.79. The highest BCUT2D eigenvalue weighted by Crippen LogP contribution is 2.53. The van der Waals surface area contributed by atoms with Gasteiger partial charge in [0.1, 0.15) is 11.0 Å². The van der Waals surface area contributed by atoms with Gasteiger partial charge in [-0.3, -0.25) is 19.2 Å². The highest BCUT2D eigenvalue weighted by atomic mass is 32.2. The van der Waals surface area contributed by atoms with E-state index in [4.69, 9.17) is 4.74 Å². The van der Waals surface area contributed by atoms with Gasteiger partial charge < -0.3 is 15.0 Å². The number of hydrogen-bond donors (Lipinski definition) is 2. The molecule has 2 aliphatic heterocycles. The first-order valence-electron chi connectivity index (χ1n) is 13.7. The first-order valence-corrected chi connectivity index (χ1v) is 15.4. The molecular formula is C33H25N3O5S2. The minimum atomic E-state index is -0.706. The number of rotatable bonds is 6. The topological polar surface area (TPSA) is 109 Å². The fourth-order valence-corrected chi connectivity index (χ4v) is 8.31. The van der Waals surface area contributed by atoms with Crippen LogP contribution in [0.5, 0.6) is 5.75 Å². The Hall–Kier alpha value is -4.67. The van der Waals surface area contributed by atoms with Gasteiger partial charge in [0, 0.05) is 21.9 Å². The Morgan fingerprint density at radius 1 is 0.930 bits per heavy atom. The third-order valence-electron chi connectivity index (χ3n) is 7.77. The minimum absolute atomic E-state index is 0.222. The zero-order valence-electron chi connectivity index (χ0n) is 22.9. The molecule has 0 spiro atoms. The molecule has 8 nitrogen and oxygen atoms in total. The second-order valence-corrected chi connectivity index (χ2v) is 12.7. The van der Waals surface area contributed by atoms with Gasteiger partial charge in [-0.2, -0.15) is 0 Å². The number of anilines is 2. The lowest BCUT2D eigenvalue weighted by Crippen LogP contribution is -2.32. The van der Waals surface area contributed by atoms with E-state index in [2.05, 4.69) is 10.3 Å². The van der Waals surface area contributed by atoms with Crippen LogP contribution in [0.1, 0.15) is 21.9 Å². The van der Waals surface area contributed by atoms with Crippen LogP contribution in [0.3, 0.4) is 0 Å².